The average molecular weight is 341 g/mol. The van der Waals surface area contributed by atoms with Crippen molar-refractivity contribution in [2.45, 2.75) is 13.5 Å². The van der Waals surface area contributed by atoms with Crippen LogP contribution in [0.3, 0.4) is 0 Å². The molecule has 0 fully saturated rings. The number of carbonyl (C=O) groups is 1. The van der Waals surface area contributed by atoms with Gasteiger partial charge < -0.3 is 9.47 Å². The van der Waals surface area contributed by atoms with Gasteiger partial charge in [0.25, 0.3) is 5.24 Å². The topological polar surface area (TPSA) is 35.5 Å². The summed E-state index contributed by atoms with van der Waals surface area (Å²) in [5.74, 6) is 1.11. The molecule has 3 aromatic carbocycles. The number of halogens is 1. The fraction of sp³-hybridized carbons (Fsp3) is 0.150. The van der Waals surface area contributed by atoms with Crippen molar-refractivity contribution >= 4 is 27.6 Å². The van der Waals surface area contributed by atoms with Crippen LogP contribution in [0.4, 0.5) is 0 Å². The van der Waals surface area contributed by atoms with Crippen LogP contribution in [-0.4, -0.2) is 11.8 Å². The third-order valence-corrected chi connectivity index (χ3v) is 3.95. The Kier molecular flexibility index (Phi) is 5.02. The van der Waals surface area contributed by atoms with Gasteiger partial charge in [0.15, 0.2) is 11.5 Å². The van der Waals surface area contributed by atoms with Crippen LogP contribution in [0.2, 0.25) is 0 Å². The lowest BCUT2D eigenvalue weighted by Crippen LogP contribution is -2.01. The van der Waals surface area contributed by atoms with Crippen LogP contribution in [0.25, 0.3) is 10.8 Å². The Morgan fingerprint density at radius 1 is 0.958 bits per heavy atom. The molecule has 0 bridgehead atoms. The van der Waals surface area contributed by atoms with E-state index < -0.39 is 5.24 Å². The van der Waals surface area contributed by atoms with Crippen molar-refractivity contribution < 1.29 is 14.3 Å². The third kappa shape index (κ3) is 3.52. The predicted molar refractivity (Wildman–Crippen MR) is 96.1 cm³/mol. The first kappa shape index (κ1) is 16.3. The molecule has 3 rings (SSSR count). The van der Waals surface area contributed by atoms with Crippen molar-refractivity contribution in [3.63, 3.8) is 0 Å². The van der Waals surface area contributed by atoms with Crippen LogP contribution in [-0.2, 0) is 6.61 Å². The van der Waals surface area contributed by atoms with Crippen molar-refractivity contribution in [1.29, 1.82) is 0 Å². The molecule has 3 aromatic rings. The zero-order valence-corrected chi connectivity index (χ0v) is 14.0. The molecule has 4 heteroatoms. The molecule has 0 aliphatic carbocycles. The normalized spacial score (nSPS) is 10.6. The number of carbonyl (C=O) groups excluding carboxylic acids is 1. The Bertz CT molecular complexity index is 868. The minimum atomic E-state index is -0.517. The van der Waals surface area contributed by atoms with Gasteiger partial charge in [0.1, 0.15) is 6.61 Å². The molecule has 0 aliphatic heterocycles. The Balaban J connectivity index is 1.86. The van der Waals surface area contributed by atoms with Crippen molar-refractivity contribution in [3.8, 4) is 11.5 Å². The molecule has 0 saturated heterocycles. The molecule has 3 nitrogen and oxygen atoms in total. The molecule has 0 atom stereocenters. The summed E-state index contributed by atoms with van der Waals surface area (Å²) in [5, 5.41) is 1.81. The lowest BCUT2D eigenvalue weighted by Gasteiger charge is -2.13. The third-order valence-electron chi connectivity index (χ3n) is 3.73. The van der Waals surface area contributed by atoms with Gasteiger partial charge in [-0.25, -0.2) is 0 Å². The van der Waals surface area contributed by atoms with Crippen LogP contribution < -0.4 is 9.47 Å². The highest BCUT2D eigenvalue weighted by molar-refractivity contribution is 6.67. The molecule has 0 N–H and O–H groups in total. The van der Waals surface area contributed by atoms with E-state index in [1.54, 1.807) is 18.2 Å². The highest BCUT2D eigenvalue weighted by Gasteiger charge is 2.11. The first-order valence-electron chi connectivity index (χ1n) is 7.75. The van der Waals surface area contributed by atoms with Crippen LogP contribution in [0.15, 0.2) is 60.7 Å². The minimum absolute atomic E-state index is 0.387. The van der Waals surface area contributed by atoms with Crippen molar-refractivity contribution in [3.05, 3.63) is 71.8 Å². The van der Waals surface area contributed by atoms with Gasteiger partial charge in [0.05, 0.1) is 6.61 Å². The van der Waals surface area contributed by atoms with Crippen LogP contribution >= 0.6 is 11.6 Å². The fourth-order valence-electron chi connectivity index (χ4n) is 2.59. The van der Waals surface area contributed by atoms with E-state index in [9.17, 15) is 4.79 Å². The van der Waals surface area contributed by atoms with E-state index in [0.29, 0.717) is 30.3 Å². The van der Waals surface area contributed by atoms with E-state index in [2.05, 4.69) is 18.2 Å². The van der Waals surface area contributed by atoms with Crippen molar-refractivity contribution in [1.82, 2.24) is 0 Å². The summed E-state index contributed by atoms with van der Waals surface area (Å²) >= 11 is 5.53. The molecule has 0 saturated carbocycles. The molecule has 122 valence electrons. The molecule has 0 spiro atoms. The Morgan fingerprint density at radius 2 is 1.75 bits per heavy atom. The second kappa shape index (κ2) is 7.37. The maximum Gasteiger partial charge on any atom is 0.252 e. The molecule has 0 radical (unpaired) electrons. The Hall–Kier alpha value is -2.52. The highest BCUT2D eigenvalue weighted by atomic mass is 35.5. The van der Waals surface area contributed by atoms with E-state index in [-0.39, 0.29) is 0 Å². The van der Waals surface area contributed by atoms with Gasteiger partial charge in [-0.1, -0.05) is 42.5 Å². The van der Waals surface area contributed by atoms with E-state index in [4.69, 9.17) is 21.1 Å². The van der Waals surface area contributed by atoms with Crippen LogP contribution in [0, 0.1) is 0 Å². The zero-order valence-electron chi connectivity index (χ0n) is 13.3. The summed E-state index contributed by atoms with van der Waals surface area (Å²) in [6, 6.07) is 19.3. The van der Waals surface area contributed by atoms with E-state index in [1.165, 1.54) is 5.39 Å². The number of hydrogen-bond donors (Lipinski definition) is 0. The largest absolute Gasteiger partial charge is 0.490 e. The van der Waals surface area contributed by atoms with Gasteiger partial charge in [0.2, 0.25) is 0 Å². The Labute approximate surface area is 145 Å². The maximum absolute atomic E-state index is 11.3. The minimum Gasteiger partial charge on any atom is -0.490 e. The van der Waals surface area contributed by atoms with Crippen molar-refractivity contribution in [2.75, 3.05) is 6.61 Å². The summed E-state index contributed by atoms with van der Waals surface area (Å²) in [4.78, 5) is 11.3. The number of ether oxygens (including phenoxy) is 2. The lowest BCUT2D eigenvalue weighted by atomic mass is 10.1. The number of fused-ring (bicyclic) bond motifs is 1. The van der Waals surface area contributed by atoms with Gasteiger partial charge in [-0.2, -0.15) is 0 Å². The van der Waals surface area contributed by atoms with Crippen molar-refractivity contribution in [2.24, 2.45) is 0 Å². The maximum atomic E-state index is 11.3. The molecule has 0 heterocycles. The number of benzene rings is 3. The first-order chi connectivity index (χ1) is 11.7. The van der Waals surface area contributed by atoms with Gasteiger partial charge >= 0.3 is 0 Å². The molecule has 0 amide bonds. The standard InChI is InChI=1S/C20H17ClO3/c1-2-23-19-12-15(20(21)22)10-11-18(19)24-13-16-8-5-7-14-6-3-4-9-17(14)16/h3-12H,2,13H2,1H3. The highest BCUT2D eigenvalue weighted by Crippen LogP contribution is 2.30. The van der Waals surface area contributed by atoms with Gasteiger partial charge in [0, 0.05) is 5.56 Å². The summed E-state index contributed by atoms with van der Waals surface area (Å²) in [6.45, 7) is 2.77. The fourth-order valence-corrected chi connectivity index (χ4v) is 2.71. The first-order valence-corrected chi connectivity index (χ1v) is 8.13. The van der Waals surface area contributed by atoms with Gasteiger partial charge in [-0.15, -0.1) is 0 Å². The SMILES string of the molecule is CCOc1cc(C(=O)Cl)ccc1OCc1cccc2ccccc12. The van der Waals surface area contributed by atoms with E-state index >= 15 is 0 Å². The zero-order chi connectivity index (χ0) is 16.9. The lowest BCUT2D eigenvalue weighted by molar-refractivity contribution is 0.108. The number of rotatable bonds is 6. The van der Waals surface area contributed by atoms with E-state index in [1.807, 2.05) is 31.2 Å². The molecule has 24 heavy (non-hydrogen) atoms. The molecular formula is C20H17ClO3. The van der Waals surface area contributed by atoms with Crippen LogP contribution in [0.1, 0.15) is 22.8 Å². The summed E-state index contributed by atoms with van der Waals surface area (Å²) in [7, 11) is 0. The smallest absolute Gasteiger partial charge is 0.252 e. The summed E-state index contributed by atoms with van der Waals surface area (Å²) < 4.78 is 11.5. The predicted octanol–water partition coefficient (Wildman–Crippen LogP) is 5.20. The monoisotopic (exact) mass is 340 g/mol. The summed E-state index contributed by atoms with van der Waals surface area (Å²) in [6.07, 6.45) is 0. The molecule has 0 aromatic heterocycles. The molecule has 0 unspecified atom stereocenters. The van der Waals surface area contributed by atoms with Gasteiger partial charge in [-0.3, -0.25) is 4.79 Å². The quantitative estimate of drug-likeness (QED) is 0.579. The average Bonchev–Trinajstić information content (AvgIpc) is 2.60. The molecule has 0 aliphatic rings. The second-order valence-corrected chi connectivity index (χ2v) is 5.64. The van der Waals surface area contributed by atoms with E-state index in [0.717, 1.165) is 10.9 Å². The second-order valence-electron chi connectivity index (χ2n) is 5.30. The summed E-state index contributed by atoms with van der Waals surface area (Å²) in [5.41, 5.74) is 1.48. The number of hydrogen-bond acceptors (Lipinski definition) is 3. The van der Waals surface area contributed by atoms with Gasteiger partial charge in [-0.05, 0) is 53.1 Å². The molecular weight excluding hydrogens is 324 g/mol. The van der Waals surface area contributed by atoms with Crippen LogP contribution in [0.5, 0.6) is 11.5 Å². The Morgan fingerprint density at radius 3 is 2.54 bits per heavy atom.